The smallest absolute Gasteiger partial charge is 0.126 e. The molecule has 0 fully saturated rings. The molecule has 0 N–H and O–H groups in total. The highest BCUT2D eigenvalue weighted by Gasteiger charge is 2.48. The van der Waals surface area contributed by atoms with Crippen LogP contribution in [0.25, 0.3) is 5.57 Å². The molecule has 0 heterocycles. The van der Waals surface area contributed by atoms with Gasteiger partial charge in [0.2, 0.25) is 0 Å². The van der Waals surface area contributed by atoms with Crippen molar-refractivity contribution in [2.45, 2.75) is 64.9 Å². The third kappa shape index (κ3) is 2.60. The fourth-order valence-electron chi connectivity index (χ4n) is 4.45. The van der Waals surface area contributed by atoms with Crippen LogP contribution in [0.15, 0.2) is 17.7 Å². The Morgan fingerprint density at radius 2 is 1.39 bits per heavy atom. The number of methoxy groups -OCH3 is 2. The maximum atomic E-state index is 5.79. The Labute approximate surface area is 143 Å². The van der Waals surface area contributed by atoms with Gasteiger partial charge >= 0.3 is 0 Å². The zero-order chi connectivity index (χ0) is 17.5. The summed E-state index contributed by atoms with van der Waals surface area (Å²) in [6.45, 7) is 16.4. The Morgan fingerprint density at radius 1 is 0.913 bits per heavy atom. The Balaban J connectivity index is 2.85. The summed E-state index contributed by atoms with van der Waals surface area (Å²) in [5.74, 6) is 1.96. The van der Waals surface area contributed by atoms with Gasteiger partial charge in [0.15, 0.2) is 0 Å². The quantitative estimate of drug-likeness (QED) is 0.613. The molecule has 0 saturated heterocycles. The molecule has 23 heavy (non-hydrogen) atoms. The first-order chi connectivity index (χ1) is 10.7. The van der Waals surface area contributed by atoms with Gasteiger partial charge in [-0.1, -0.05) is 41.2 Å². The van der Waals surface area contributed by atoms with Gasteiger partial charge in [0.1, 0.15) is 11.5 Å². The van der Waals surface area contributed by atoms with Crippen molar-refractivity contribution in [1.29, 1.82) is 0 Å². The molecule has 1 aromatic carbocycles. The van der Waals surface area contributed by atoms with Crippen molar-refractivity contribution in [2.75, 3.05) is 14.2 Å². The summed E-state index contributed by atoms with van der Waals surface area (Å²) < 4.78 is 11.5. The van der Waals surface area contributed by atoms with Crippen molar-refractivity contribution in [3.63, 3.8) is 0 Å². The molecular formula is C20H31O2P. The number of ether oxygens (including phenoxy) is 2. The minimum atomic E-state index is -0.247. The number of allylic oxidation sites excluding steroid dienone is 2. The Kier molecular flexibility index (Phi) is 5.16. The first-order valence-corrected chi connectivity index (χ1v) is 9.91. The largest absolute Gasteiger partial charge is 0.496 e. The van der Waals surface area contributed by atoms with Crippen LogP contribution in [0.3, 0.4) is 0 Å². The second-order valence-corrected chi connectivity index (χ2v) is 10.9. The van der Waals surface area contributed by atoms with E-state index in [-0.39, 0.29) is 13.1 Å². The van der Waals surface area contributed by atoms with Crippen LogP contribution < -0.4 is 9.47 Å². The minimum absolute atomic E-state index is 0.0387. The zero-order valence-electron chi connectivity index (χ0n) is 16.1. The summed E-state index contributed by atoms with van der Waals surface area (Å²) in [6, 6.07) is 4.10. The molecule has 2 nitrogen and oxygen atoms in total. The zero-order valence-corrected chi connectivity index (χ0v) is 17.0. The van der Waals surface area contributed by atoms with E-state index in [4.69, 9.17) is 9.47 Å². The van der Waals surface area contributed by atoms with E-state index < -0.39 is 0 Å². The molecule has 1 aromatic rings. The molecule has 0 aromatic heterocycles. The lowest BCUT2D eigenvalue weighted by atomic mass is 9.96. The normalized spacial score (nSPS) is 20.7. The molecule has 0 radical (unpaired) electrons. The summed E-state index contributed by atoms with van der Waals surface area (Å²) in [7, 11) is 3.29. The van der Waals surface area contributed by atoms with Crippen LogP contribution >= 0.6 is 7.92 Å². The predicted molar refractivity (Wildman–Crippen MR) is 102 cm³/mol. The van der Waals surface area contributed by atoms with Crippen LogP contribution in [0, 0.1) is 0 Å². The van der Waals surface area contributed by atoms with E-state index in [2.05, 4.69) is 54.5 Å². The monoisotopic (exact) mass is 334 g/mol. The second kappa shape index (κ2) is 6.48. The first kappa shape index (κ1) is 18.3. The van der Waals surface area contributed by atoms with Crippen LogP contribution in [0.5, 0.6) is 11.5 Å². The highest BCUT2D eigenvalue weighted by atomic mass is 31.1. The molecule has 1 unspecified atom stereocenters. The summed E-state index contributed by atoms with van der Waals surface area (Å²) in [6.07, 6.45) is 0. The Morgan fingerprint density at radius 3 is 1.83 bits per heavy atom. The van der Waals surface area contributed by atoms with Crippen LogP contribution in [-0.4, -0.2) is 25.5 Å². The predicted octanol–water partition coefficient (Wildman–Crippen LogP) is 6.02. The van der Waals surface area contributed by atoms with Crippen molar-refractivity contribution in [2.24, 2.45) is 0 Å². The molecule has 0 bridgehead atoms. The van der Waals surface area contributed by atoms with E-state index in [9.17, 15) is 0 Å². The van der Waals surface area contributed by atoms with Crippen molar-refractivity contribution in [1.82, 2.24) is 0 Å². The van der Waals surface area contributed by atoms with Gasteiger partial charge in [-0.3, -0.25) is 0 Å². The maximum Gasteiger partial charge on any atom is 0.126 e. The van der Waals surface area contributed by atoms with Crippen molar-refractivity contribution < 1.29 is 9.47 Å². The SMILES string of the molecule is COc1ccc(OC)c2c1C(C)=C(C)C2(C)P(C(C)C)C(C)C. The second-order valence-electron chi connectivity index (χ2n) is 7.14. The van der Waals surface area contributed by atoms with Crippen LogP contribution in [0.2, 0.25) is 0 Å². The summed E-state index contributed by atoms with van der Waals surface area (Å²) in [5.41, 5.74) is 6.72. The van der Waals surface area contributed by atoms with Gasteiger partial charge in [-0.15, -0.1) is 0 Å². The molecule has 128 valence electrons. The molecule has 2 rings (SSSR count). The van der Waals surface area contributed by atoms with E-state index in [0.717, 1.165) is 11.5 Å². The van der Waals surface area contributed by atoms with E-state index >= 15 is 0 Å². The van der Waals surface area contributed by atoms with E-state index in [1.807, 2.05) is 6.07 Å². The van der Waals surface area contributed by atoms with Gasteiger partial charge in [-0.25, -0.2) is 0 Å². The molecule has 0 spiro atoms. The lowest BCUT2D eigenvalue weighted by Gasteiger charge is -2.43. The molecule has 1 aliphatic rings. The third-order valence-electron chi connectivity index (χ3n) is 5.35. The number of hydrogen-bond donors (Lipinski definition) is 0. The minimum Gasteiger partial charge on any atom is -0.496 e. The molecular weight excluding hydrogens is 303 g/mol. The lowest BCUT2D eigenvalue weighted by Crippen LogP contribution is -2.27. The van der Waals surface area contributed by atoms with Crippen LogP contribution in [0.4, 0.5) is 0 Å². The highest BCUT2D eigenvalue weighted by Crippen LogP contribution is 2.71. The fourth-order valence-corrected chi connectivity index (χ4v) is 8.75. The molecule has 3 heteroatoms. The number of benzene rings is 1. The lowest BCUT2D eigenvalue weighted by molar-refractivity contribution is 0.396. The average molecular weight is 334 g/mol. The first-order valence-electron chi connectivity index (χ1n) is 8.43. The molecule has 0 saturated carbocycles. The number of rotatable bonds is 5. The third-order valence-corrected chi connectivity index (χ3v) is 9.17. The van der Waals surface area contributed by atoms with Crippen molar-refractivity contribution in [3.8, 4) is 11.5 Å². The van der Waals surface area contributed by atoms with Gasteiger partial charge < -0.3 is 9.47 Å². The summed E-state index contributed by atoms with van der Waals surface area (Å²) in [5, 5.41) is 0.0387. The average Bonchev–Trinajstić information content (AvgIpc) is 2.68. The van der Waals surface area contributed by atoms with E-state index in [1.54, 1.807) is 14.2 Å². The van der Waals surface area contributed by atoms with Gasteiger partial charge in [0.05, 0.1) is 14.2 Å². The van der Waals surface area contributed by atoms with Gasteiger partial charge in [0, 0.05) is 16.3 Å². The van der Waals surface area contributed by atoms with Crippen molar-refractivity contribution in [3.05, 3.63) is 28.8 Å². The maximum absolute atomic E-state index is 5.79. The number of fused-ring (bicyclic) bond motifs is 1. The fraction of sp³-hybridized carbons (Fsp3) is 0.600. The van der Waals surface area contributed by atoms with E-state index in [1.165, 1.54) is 22.3 Å². The van der Waals surface area contributed by atoms with Crippen LogP contribution in [0.1, 0.15) is 59.6 Å². The summed E-state index contributed by atoms with van der Waals surface area (Å²) in [4.78, 5) is 0. The van der Waals surface area contributed by atoms with Crippen LogP contribution in [-0.2, 0) is 5.16 Å². The van der Waals surface area contributed by atoms with Gasteiger partial charge in [-0.05, 0) is 49.8 Å². The molecule has 1 aliphatic carbocycles. The van der Waals surface area contributed by atoms with Crippen molar-refractivity contribution >= 4 is 13.5 Å². The summed E-state index contributed by atoms with van der Waals surface area (Å²) >= 11 is 0. The molecule has 1 atom stereocenters. The highest BCUT2D eigenvalue weighted by molar-refractivity contribution is 7.60. The number of hydrogen-bond acceptors (Lipinski definition) is 2. The molecule has 0 aliphatic heterocycles. The Bertz CT molecular complexity index is 623. The Hall–Kier alpha value is -1.01. The van der Waals surface area contributed by atoms with Gasteiger partial charge in [0.25, 0.3) is 0 Å². The topological polar surface area (TPSA) is 18.5 Å². The molecule has 0 amide bonds. The van der Waals surface area contributed by atoms with E-state index in [0.29, 0.717) is 11.3 Å². The standard InChI is InChI=1S/C20H31O2P/c1-12(2)23(13(3)4)20(7)15(6)14(5)18-16(21-8)10-11-17(22-9)19(18)20/h10-13H,1-9H3. The van der Waals surface area contributed by atoms with Gasteiger partial charge in [-0.2, -0.15) is 0 Å².